The summed E-state index contributed by atoms with van der Waals surface area (Å²) in [5, 5.41) is 3.53. The minimum Gasteiger partial charge on any atom is -0.496 e. The van der Waals surface area contributed by atoms with Gasteiger partial charge in [0.15, 0.2) is 0 Å². The zero-order valence-electron chi connectivity index (χ0n) is 14.2. The number of benzene rings is 2. The number of ether oxygens (including phenoxy) is 1. The topological polar surface area (TPSA) is 34.4 Å². The van der Waals surface area contributed by atoms with Crippen LogP contribution in [0.4, 0.5) is 0 Å². The van der Waals surface area contributed by atoms with E-state index in [1.807, 2.05) is 30.3 Å². The lowest BCUT2D eigenvalue weighted by Crippen LogP contribution is -2.21. The van der Waals surface area contributed by atoms with E-state index in [0.717, 1.165) is 30.0 Å². The van der Waals surface area contributed by atoms with Crippen LogP contribution in [-0.2, 0) is 6.42 Å². The van der Waals surface area contributed by atoms with Gasteiger partial charge in [-0.05, 0) is 36.2 Å². The number of hydrogen-bond acceptors (Lipinski definition) is 3. The van der Waals surface area contributed by atoms with Crippen molar-refractivity contribution in [2.75, 3.05) is 13.7 Å². The third kappa shape index (κ3) is 3.87. The van der Waals surface area contributed by atoms with E-state index in [4.69, 9.17) is 9.15 Å². The molecule has 0 saturated carbocycles. The van der Waals surface area contributed by atoms with Gasteiger partial charge >= 0.3 is 0 Å². The molecule has 0 aliphatic carbocycles. The van der Waals surface area contributed by atoms with Crippen molar-refractivity contribution in [3.05, 3.63) is 78.3 Å². The van der Waals surface area contributed by atoms with E-state index in [1.165, 1.54) is 11.1 Å². The summed E-state index contributed by atoms with van der Waals surface area (Å²) in [6.07, 6.45) is 2.62. The van der Waals surface area contributed by atoms with E-state index in [0.29, 0.717) is 6.04 Å². The fourth-order valence-electron chi connectivity index (χ4n) is 2.82. The second-order valence-corrected chi connectivity index (χ2v) is 5.83. The van der Waals surface area contributed by atoms with E-state index in [9.17, 15) is 0 Å². The lowest BCUT2D eigenvalue weighted by Gasteiger charge is -2.15. The van der Waals surface area contributed by atoms with Gasteiger partial charge in [0.05, 0.1) is 13.4 Å². The van der Waals surface area contributed by atoms with Gasteiger partial charge in [-0.2, -0.15) is 0 Å². The molecule has 2 aromatic carbocycles. The molecule has 3 nitrogen and oxygen atoms in total. The molecule has 1 aromatic heterocycles. The first-order chi connectivity index (χ1) is 11.8. The Balaban J connectivity index is 1.63. The zero-order chi connectivity index (χ0) is 16.8. The van der Waals surface area contributed by atoms with Gasteiger partial charge in [-0.3, -0.25) is 0 Å². The van der Waals surface area contributed by atoms with Gasteiger partial charge in [0.1, 0.15) is 11.5 Å². The van der Waals surface area contributed by atoms with Crippen LogP contribution < -0.4 is 10.1 Å². The maximum absolute atomic E-state index is 5.44. The highest BCUT2D eigenvalue weighted by atomic mass is 16.5. The van der Waals surface area contributed by atoms with E-state index in [1.54, 1.807) is 13.4 Å². The Bertz CT molecular complexity index is 748. The van der Waals surface area contributed by atoms with Crippen molar-refractivity contribution in [2.45, 2.75) is 19.4 Å². The number of hydrogen-bond donors (Lipinski definition) is 1. The largest absolute Gasteiger partial charge is 0.496 e. The highest BCUT2D eigenvalue weighted by Gasteiger charge is 2.08. The van der Waals surface area contributed by atoms with Gasteiger partial charge in [0.25, 0.3) is 0 Å². The molecular formula is C21H23NO2. The van der Waals surface area contributed by atoms with Crippen molar-refractivity contribution in [2.24, 2.45) is 0 Å². The first-order valence-corrected chi connectivity index (χ1v) is 8.27. The van der Waals surface area contributed by atoms with Crippen LogP contribution in [0.5, 0.6) is 5.75 Å². The van der Waals surface area contributed by atoms with Gasteiger partial charge in [-0.1, -0.05) is 42.5 Å². The molecule has 0 radical (unpaired) electrons. The molecule has 0 spiro atoms. The predicted octanol–water partition coefficient (Wildman–Crippen LogP) is 4.85. The van der Waals surface area contributed by atoms with Gasteiger partial charge in [-0.25, -0.2) is 0 Å². The van der Waals surface area contributed by atoms with Crippen molar-refractivity contribution in [3.8, 4) is 16.9 Å². The van der Waals surface area contributed by atoms with Gasteiger partial charge in [0.2, 0.25) is 0 Å². The van der Waals surface area contributed by atoms with Crippen molar-refractivity contribution in [1.29, 1.82) is 0 Å². The summed E-state index contributed by atoms with van der Waals surface area (Å²) in [5.74, 6) is 1.91. The molecule has 1 unspecified atom stereocenters. The number of para-hydroxylation sites is 1. The summed E-state index contributed by atoms with van der Waals surface area (Å²) in [7, 11) is 1.71. The number of methoxy groups -OCH3 is 1. The highest BCUT2D eigenvalue weighted by Crippen LogP contribution is 2.30. The first kappa shape index (κ1) is 16.3. The molecule has 0 fully saturated rings. The maximum Gasteiger partial charge on any atom is 0.126 e. The normalized spacial score (nSPS) is 12.1. The van der Waals surface area contributed by atoms with Crippen molar-refractivity contribution in [3.63, 3.8) is 0 Å². The standard InChI is InChI=1S/C21H23NO2/c1-16(22-14-13-19-6-5-15-24-19)17-9-11-18(12-10-17)20-7-3-4-8-21(20)23-2/h3-12,15-16,22H,13-14H2,1-2H3. The molecule has 0 saturated heterocycles. The van der Waals surface area contributed by atoms with E-state index < -0.39 is 0 Å². The van der Waals surface area contributed by atoms with Crippen LogP contribution in [0.15, 0.2) is 71.3 Å². The van der Waals surface area contributed by atoms with E-state index in [-0.39, 0.29) is 0 Å². The highest BCUT2D eigenvalue weighted by molar-refractivity contribution is 5.70. The molecular weight excluding hydrogens is 298 g/mol. The lowest BCUT2D eigenvalue weighted by atomic mass is 10.0. The van der Waals surface area contributed by atoms with Crippen LogP contribution in [0.2, 0.25) is 0 Å². The zero-order valence-corrected chi connectivity index (χ0v) is 14.2. The van der Waals surface area contributed by atoms with E-state index >= 15 is 0 Å². The molecule has 0 bridgehead atoms. The van der Waals surface area contributed by atoms with Crippen LogP contribution in [0.25, 0.3) is 11.1 Å². The maximum atomic E-state index is 5.44. The molecule has 1 N–H and O–H groups in total. The molecule has 0 aliphatic heterocycles. The molecule has 124 valence electrons. The smallest absolute Gasteiger partial charge is 0.126 e. The minimum absolute atomic E-state index is 0.298. The van der Waals surface area contributed by atoms with Crippen molar-refractivity contribution >= 4 is 0 Å². The van der Waals surface area contributed by atoms with Crippen LogP contribution in [0.3, 0.4) is 0 Å². The molecule has 3 aromatic rings. The summed E-state index contributed by atoms with van der Waals surface area (Å²) >= 11 is 0. The number of furan rings is 1. The van der Waals surface area contributed by atoms with Crippen molar-refractivity contribution in [1.82, 2.24) is 5.32 Å². The summed E-state index contributed by atoms with van der Waals surface area (Å²) in [6, 6.07) is 21.0. The quantitative estimate of drug-likeness (QED) is 0.675. The molecule has 1 atom stereocenters. The molecule has 3 heteroatoms. The lowest BCUT2D eigenvalue weighted by molar-refractivity contribution is 0.416. The Morgan fingerprint density at radius 2 is 1.79 bits per heavy atom. The first-order valence-electron chi connectivity index (χ1n) is 8.27. The molecule has 0 aliphatic rings. The van der Waals surface area contributed by atoms with Gasteiger partial charge in [0, 0.05) is 24.6 Å². The minimum atomic E-state index is 0.298. The average molecular weight is 321 g/mol. The Kier molecular flexibility index (Phi) is 5.34. The third-order valence-corrected chi connectivity index (χ3v) is 4.23. The Labute approximate surface area is 143 Å². The van der Waals surface area contributed by atoms with Crippen LogP contribution in [0, 0.1) is 0 Å². The van der Waals surface area contributed by atoms with E-state index in [2.05, 4.69) is 42.6 Å². The Hall–Kier alpha value is -2.52. The molecule has 24 heavy (non-hydrogen) atoms. The predicted molar refractivity (Wildman–Crippen MR) is 97.3 cm³/mol. The Morgan fingerprint density at radius 3 is 2.50 bits per heavy atom. The monoisotopic (exact) mass is 321 g/mol. The van der Waals surface area contributed by atoms with Crippen molar-refractivity contribution < 1.29 is 9.15 Å². The Morgan fingerprint density at radius 1 is 1.00 bits per heavy atom. The fraction of sp³-hybridized carbons (Fsp3) is 0.238. The summed E-state index contributed by atoms with van der Waals surface area (Å²) in [5.41, 5.74) is 3.55. The molecule has 3 rings (SSSR count). The molecule has 1 heterocycles. The molecule has 0 amide bonds. The SMILES string of the molecule is COc1ccccc1-c1ccc(C(C)NCCc2ccco2)cc1. The second kappa shape index (κ2) is 7.84. The number of nitrogens with one attached hydrogen (secondary N) is 1. The van der Waals surface area contributed by atoms with Crippen LogP contribution in [0.1, 0.15) is 24.3 Å². The fourth-order valence-corrected chi connectivity index (χ4v) is 2.82. The summed E-state index contributed by atoms with van der Waals surface area (Å²) in [4.78, 5) is 0. The third-order valence-electron chi connectivity index (χ3n) is 4.23. The van der Waals surface area contributed by atoms with Crippen LogP contribution in [-0.4, -0.2) is 13.7 Å². The second-order valence-electron chi connectivity index (χ2n) is 5.83. The summed E-state index contributed by atoms with van der Waals surface area (Å²) < 4.78 is 10.8. The van der Waals surface area contributed by atoms with Gasteiger partial charge in [-0.15, -0.1) is 0 Å². The summed E-state index contributed by atoms with van der Waals surface area (Å²) in [6.45, 7) is 3.07. The number of rotatable bonds is 7. The van der Waals surface area contributed by atoms with Gasteiger partial charge < -0.3 is 14.5 Å². The van der Waals surface area contributed by atoms with Crippen LogP contribution >= 0.6 is 0 Å². The average Bonchev–Trinajstić information content (AvgIpc) is 3.15.